The fraction of sp³-hybridized carbons (Fsp3) is 0.444. The molecule has 1 amide bonds. The molecule has 3 rings (SSSR count). The molecule has 0 fully saturated rings. The molecule has 24 heavy (non-hydrogen) atoms. The minimum Gasteiger partial charge on any atom is -0.388 e. The molecule has 1 aliphatic rings. The summed E-state index contributed by atoms with van der Waals surface area (Å²) in [6.45, 7) is 1.98. The van der Waals surface area contributed by atoms with Crippen LogP contribution in [0.5, 0.6) is 0 Å². The van der Waals surface area contributed by atoms with Gasteiger partial charge in [-0.1, -0.05) is 12.1 Å². The summed E-state index contributed by atoms with van der Waals surface area (Å²) in [6.07, 6.45) is 1.83. The molecule has 1 aromatic carbocycles. The Kier molecular flexibility index (Phi) is 4.96. The maximum atomic E-state index is 13.3. The number of hydrogen-bond donors (Lipinski definition) is 1. The van der Waals surface area contributed by atoms with Crippen LogP contribution >= 0.6 is 11.3 Å². The summed E-state index contributed by atoms with van der Waals surface area (Å²) >= 11 is 1.64. The Hall–Kier alpha value is -1.79. The average Bonchev–Trinajstić information content (AvgIpc) is 2.94. The lowest BCUT2D eigenvalue weighted by Gasteiger charge is -2.31. The van der Waals surface area contributed by atoms with Gasteiger partial charge >= 0.3 is 0 Å². The second-order valence-electron chi connectivity index (χ2n) is 6.23. The van der Waals surface area contributed by atoms with Crippen LogP contribution in [-0.4, -0.2) is 27.9 Å². The fourth-order valence-corrected chi connectivity index (χ4v) is 4.36. The Morgan fingerprint density at radius 2 is 2.33 bits per heavy atom. The van der Waals surface area contributed by atoms with Gasteiger partial charge in [-0.05, 0) is 43.9 Å². The van der Waals surface area contributed by atoms with E-state index in [2.05, 4.69) is 4.98 Å². The van der Waals surface area contributed by atoms with Crippen LogP contribution in [0.3, 0.4) is 0 Å². The summed E-state index contributed by atoms with van der Waals surface area (Å²) in [5.41, 5.74) is 1.52. The molecule has 2 atom stereocenters. The van der Waals surface area contributed by atoms with E-state index in [0.29, 0.717) is 5.56 Å². The van der Waals surface area contributed by atoms with E-state index < -0.39 is 11.9 Å². The topological polar surface area (TPSA) is 53.4 Å². The number of aryl methyl sites for hydroxylation is 2. The van der Waals surface area contributed by atoms with Gasteiger partial charge in [-0.2, -0.15) is 0 Å². The quantitative estimate of drug-likeness (QED) is 0.919. The number of aromatic nitrogens is 1. The number of fused-ring (bicyclic) bond motifs is 1. The summed E-state index contributed by atoms with van der Waals surface area (Å²) in [6, 6.07) is 5.78. The third-order valence-corrected chi connectivity index (χ3v) is 5.60. The summed E-state index contributed by atoms with van der Waals surface area (Å²) in [7, 11) is 1.77. The molecule has 2 aromatic rings. The van der Waals surface area contributed by atoms with Crippen molar-refractivity contribution in [2.75, 3.05) is 7.05 Å². The van der Waals surface area contributed by atoms with Gasteiger partial charge in [-0.3, -0.25) is 4.79 Å². The monoisotopic (exact) mass is 348 g/mol. The first-order valence-corrected chi connectivity index (χ1v) is 8.92. The zero-order valence-corrected chi connectivity index (χ0v) is 14.6. The van der Waals surface area contributed by atoms with Crippen molar-refractivity contribution in [2.24, 2.45) is 0 Å². The predicted octanol–water partition coefficient (Wildman–Crippen LogP) is 3.55. The maximum Gasteiger partial charge on any atom is 0.225 e. The van der Waals surface area contributed by atoms with Crippen molar-refractivity contribution in [3.63, 3.8) is 0 Å². The summed E-state index contributed by atoms with van der Waals surface area (Å²) in [5, 5.41) is 11.3. The number of nitrogens with zero attached hydrogens (tertiary/aromatic N) is 2. The summed E-state index contributed by atoms with van der Waals surface area (Å²) in [4.78, 5) is 20.0. The number of amides is 1. The highest BCUT2D eigenvalue weighted by atomic mass is 32.1. The highest BCUT2D eigenvalue weighted by molar-refractivity contribution is 7.11. The maximum absolute atomic E-state index is 13.3. The van der Waals surface area contributed by atoms with E-state index >= 15 is 0 Å². The zero-order valence-electron chi connectivity index (χ0n) is 13.8. The minimum absolute atomic E-state index is 0.0205. The van der Waals surface area contributed by atoms with Gasteiger partial charge in [0, 0.05) is 7.05 Å². The van der Waals surface area contributed by atoms with E-state index in [4.69, 9.17) is 0 Å². The molecule has 0 saturated carbocycles. The van der Waals surface area contributed by atoms with E-state index in [1.807, 2.05) is 6.92 Å². The molecular weight excluding hydrogens is 327 g/mol. The molecule has 0 bridgehead atoms. The minimum atomic E-state index is -0.998. The fourth-order valence-electron chi connectivity index (χ4n) is 3.20. The van der Waals surface area contributed by atoms with Gasteiger partial charge in [0.05, 0.1) is 34.1 Å². The molecule has 0 spiro atoms. The number of aliphatic hydroxyl groups excluding tert-OH is 1. The highest BCUT2D eigenvalue weighted by Gasteiger charge is 2.30. The van der Waals surface area contributed by atoms with Crippen molar-refractivity contribution in [1.29, 1.82) is 0 Å². The molecule has 1 aromatic heterocycles. The van der Waals surface area contributed by atoms with Crippen molar-refractivity contribution < 1.29 is 14.3 Å². The van der Waals surface area contributed by atoms with Crippen molar-refractivity contribution in [1.82, 2.24) is 9.88 Å². The van der Waals surface area contributed by atoms with Crippen molar-refractivity contribution in [3.05, 3.63) is 51.2 Å². The van der Waals surface area contributed by atoms with Gasteiger partial charge in [-0.15, -0.1) is 11.3 Å². The lowest BCUT2D eigenvalue weighted by molar-refractivity contribution is -0.134. The second kappa shape index (κ2) is 6.99. The number of carbonyl (C=O) groups excluding carboxylic acids is 1. The Labute approximate surface area is 145 Å². The van der Waals surface area contributed by atoms with E-state index in [1.165, 1.54) is 18.2 Å². The lowest BCUT2D eigenvalue weighted by atomic mass is 9.96. The van der Waals surface area contributed by atoms with Crippen molar-refractivity contribution >= 4 is 17.2 Å². The van der Waals surface area contributed by atoms with E-state index in [1.54, 1.807) is 29.4 Å². The van der Waals surface area contributed by atoms with Gasteiger partial charge in [0.15, 0.2) is 0 Å². The molecule has 1 heterocycles. The molecule has 128 valence electrons. The standard InChI is InChI=1S/C18H21FN2O2S/c1-11-20-14-7-4-8-15(18(14)24-11)21(2)17(23)10-16(22)12-5-3-6-13(19)9-12/h3,5-6,9,15-16,22H,4,7-8,10H2,1-2H3. The van der Waals surface area contributed by atoms with Gasteiger partial charge in [0.2, 0.25) is 5.91 Å². The van der Waals surface area contributed by atoms with E-state index in [-0.39, 0.29) is 18.4 Å². The molecule has 6 heteroatoms. The number of aliphatic hydroxyl groups is 1. The zero-order chi connectivity index (χ0) is 17.3. The van der Waals surface area contributed by atoms with Crippen molar-refractivity contribution in [2.45, 2.75) is 44.8 Å². The van der Waals surface area contributed by atoms with Gasteiger partial charge in [0.25, 0.3) is 0 Å². The first-order valence-electron chi connectivity index (χ1n) is 8.11. The molecule has 1 aliphatic carbocycles. The van der Waals surface area contributed by atoms with Crippen LogP contribution in [0.1, 0.15) is 52.6 Å². The molecule has 2 unspecified atom stereocenters. The smallest absolute Gasteiger partial charge is 0.225 e. The summed E-state index contributed by atoms with van der Waals surface area (Å²) < 4.78 is 13.3. The molecular formula is C18H21FN2O2S. The van der Waals surface area contributed by atoms with Crippen LogP contribution in [0, 0.1) is 12.7 Å². The first kappa shape index (κ1) is 17.0. The first-order chi connectivity index (χ1) is 11.5. The number of halogens is 1. The largest absolute Gasteiger partial charge is 0.388 e. The van der Waals surface area contributed by atoms with Crippen molar-refractivity contribution in [3.8, 4) is 0 Å². The SMILES string of the molecule is Cc1nc2c(s1)C(N(C)C(=O)CC(O)c1cccc(F)c1)CCC2. The Bertz CT molecular complexity index is 746. The normalized spacial score (nSPS) is 18.1. The molecule has 0 radical (unpaired) electrons. The van der Waals surface area contributed by atoms with Crippen LogP contribution in [0.4, 0.5) is 4.39 Å². The molecule has 0 saturated heterocycles. The third-order valence-electron chi connectivity index (χ3n) is 4.49. The Morgan fingerprint density at radius 1 is 1.54 bits per heavy atom. The van der Waals surface area contributed by atoms with Crippen LogP contribution in [0.15, 0.2) is 24.3 Å². The van der Waals surface area contributed by atoms with Crippen LogP contribution in [0.25, 0.3) is 0 Å². The van der Waals surface area contributed by atoms with Gasteiger partial charge < -0.3 is 10.0 Å². The second-order valence-corrected chi connectivity index (χ2v) is 7.47. The summed E-state index contributed by atoms with van der Waals surface area (Å²) in [5.74, 6) is -0.555. The number of thiazole rings is 1. The number of hydrogen-bond acceptors (Lipinski definition) is 4. The van der Waals surface area contributed by atoms with Crippen LogP contribution < -0.4 is 0 Å². The van der Waals surface area contributed by atoms with Gasteiger partial charge in [0.1, 0.15) is 5.82 Å². The predicted molar refractivity (Wildman–Crippen MR) is 91.3 cm³/mol. The van der Waals surface area contributed by atoms with Crippen LogP contribution in [-0.2, 0) is 11.2 Å². The van der Waals surface area contributed by atoms with E-state index in [0.717, 1.165) is 34.8 Å². The molecule has 1 N–H and O–H groups in total. The molecule has 0 aliphatic heterocycles. The Balaban J connectivity index is 1.71. The van der Waals surface area contributed by atoms with Crippen LogP contribution in [0.2, 0.25) is 0 Å². The van der Waals surface area contributed by atoms with E-state index in [9.17, 15) is 14.3 Å². The highest BCUT2D eigenvalue weighted by Crippen LogP contribution is 2.37. The third kappa shape index (κ3) is 3.49. The number of rotatable bonds is 4. The number of carbonyl (C=O) groups is 1. The molecule has 4 nitrogen and oxygen atoms in total. The van der Waals surface area contributed by atoms with Gasteiger partial charge in [-0.25, -0.2) is 9.37 Å². The Morgan fingerprint density at radius 3 is 3.08 bits per heavy atom. The lowest BCUT2D eigenvalue weighted by Crippen LogP contribution is -2.33. The average molecular weight is 348 g/mol. The number of benzene rings is 1.